The molecule has 1 unspecified atom stereocenters. The Morgan fingerprint density at radius 3 is 2.08 bits per heavy atom. The molecule has 0 amide bonds. The second-order valence-corrected chi connectivity index (χ2v) is 8.14. The van der Waals surface area contributed by atoms with Crippen LogP contribution in [0.5, 0.6) is 0 Å². The van der Waals surface area contributed by atoms with Gasteiger partial charge >= 0.3 is 0 Å². The van der Waals surface area contributed by atoms with E-state index in [0.717, 1.165) is 13.0 Å². The summed E-state index contributed by atoms with van der Waals surface area (Å²) in [6, 6.07) is 0. The molecular formula is C5H10O5S2. The fourth-order valence-electron chi connectivity index (χ4n) is 0.451. The summed E-state index contributed by atoms with van der Waals surface area (Å²) in [5.41, 5.74) is -1.90. The number of aliphatic hydroxyl groups excluding tert-OH is 1. The van der Waals surface area contributed by atoms with Crippen molar-refractivity contribution in [1.29, 1.82) is 0 Å². The fourth-order valence-corrected chi connectivity index (χ4v) is 3.48. The maximum atomic E-state index is 10.9. The van der Waals surface area contributed by atoms with Gasteiger partial charge in [0.05, 0.1) is 5.75 Å². The summed E-state index contributed by atoms with van der Waals surface area (Å²) in [5, 5.41) is 8.64. The summed E-state index contributed by atoms with van der Waals surface area (Å²) >= 11 is 0. The highest BCUT2D eigenvalue weighted by molar-refractivity contribution is 8.67. The highest BCUT2D eigenvalue weighted by Gasteiger charge is 2.32. The monoisotopic (exact) mass is 214 g/mol. The number of hydrogen-bond acceptors (Lipinski definition) is 5. The average molecular weight is 214 g/mol. The Labute approximate surface area is 71.0 Å². The van der Waals surface area contributed by atoms with Crippen molar-refractivity contribution in [2.45, 2.75) is 12.4 Å². The summed E-state index contributed by atoms with van der Waals surface area (Å²) < 4.78 is 43.5. The van der Waals surface area contributed by atoms with Crippen LogP contribution in [0.25, 0.3) is 0 Å². The van der Waals surface area contributed by atoms with E-state index in [4.69, 9.17) is 5.11 Å². The van der Waals surface area contributed by atoms with Gasteiger partial charge in [0, 0.05) is 0 Å². The van der Waals surface area contributed by atoms with Crippen LogP contribution in [-0.4, -0.2) is 33.1 Å². The van der Waals surface area contributed by atoms with Crippen LogP contribution in [0.4, 0.5) is 0 Å². The zero-order valence-electron chi connectivity index (χ0n) is 6.47. The highest BCUT2D eigenvalue weighted by atomic mass is 33.2. The van der Waals surface area contributed by atoms with E-state index in [1.54, 1.807) is 0 Å². The Kier molecular flexibility index (Phi) is 3.43. The number of aliphatic hydroxyl groups is 1. The molecule has 0 saturated heterocycles. The molecule has 7 heteroatoms. The molecule has 72 valence electrons. The molecule has 0 aromatic carbocycles. The van der Waals surface area contributed by atoms with Crippen LogP contribution >= 0.6 is 0 Å². The van der Waals surface area contributed by atoms with E-state index in [-0.39, 0.29) is 0 Å². The minimum atomic E-state index is -4.48. The lowest BCUT2D eigenvalue weighted by molar-refractivity contribution is 0.271. The highest BCUT2D eigenvalue weighted by Crippen LogP contribution is 2.09. The van der Waals surface area contributed by atoms with Crippen molar-refractivity contribution in [2.75, 3.05) is 5.75 Å². The first-order valence-corrected chi connectivity index (χ1v) is 6.73. The Morgan fingerprint density at radius 1 is 1.42 bits per heavy atom. The predicted molar refractivity (Wildman–Crippen MR) is 44.6 cm³/mol. The van der Waals surface area contributed by atoms with Gasteiger partial charge in [0.1, 0.15) is 0 Å². The maximum Gasteiger partial charge on any atom is 0.280 e. The van der Waals surface area contributed by atoms with Crippen LogP contribution in [0.2, 0.25) is 0 Å². The van der Waals surface area contributed by atoms with Crippen molar-refractivity contribution in [3.05, 3.63) is 12.7 Å². The molecule has 1 atom stereocenters. The van der Waals surface area contributed by atoms with Gasteiger partial charge in [-0.1, -0.05) is 6.08 Å². The number of hydrogen-bond donors (Lipinski definition) is 1. The van der Waals surface area contributed by atoms with E-state index >= 15 is 0 Å². The molecule has 0 rings (SSSR count). The summed E-state index contributed by atoms with van der Waals surface area (Å²) in [7, 11) is -8.79. The van der Waals surface area contributed by atoms with Gasteiger partial charge in [0.15, 0.2) is 5.44 Å². The molecule has 0 aliphatic heterocycles. The van der Waals surface area contributed by atoms with E-state index in [0.29, 0.717) is 0 Å². The maximum absolute atomic E-state index is 10.9. The molecule has 0 aliphatic rings. The largest absolute Gasteiger partial charge is 0.376 e. The third-order valence-corrected chi connectivity index (χ3v) is 6.65. The summed E-state index contributed by atoms with van der Waals surface area (Å²) in [4.78, 5) is 0. The third kappa shape index (κ3) is 2.05. The Balaban J connectivity index is 5.20. The van der Waals surface area contributed by atoms with E-state index in [2.05, 4.69) is 6.58 Å². The van der Waals surface area contributed by atoms with Crippen molar-refractivity contribution in [3.8, 4) is 0 Å². The van der Waals surface area contributed by atoms with Gasteiger partial charge in [-0.05, 0) is 6.92 Å². The zero-order chi connectivity index (χ0) is 9.99. The molecular weight excluding hydrogens is 204 g/mol. The second-order valence-electron chi connectivity index (χ2n) is 2.11. The Hall–Kier alpha value is -0.400. The second kappa shape index (κ2) is 3.55. The molecule has 0 aliphatic carbocycles. The SMILES string of the molecule is C=CCS(=O)(=O)S(=O)(=O)C(C)O. The van der Waals surface area contributed by atoms with Crippen LogP contribution in [0.3, 0.4) is 0 Å². The minimum Gasteiger partial charge on any atom is -0.376 e. The smallest absolute Gasteiger partial charge is 0.280 e. The molecule has 0 aromatic rings. The average Bonchev–Trinajstić information content (AvgIpc) is 1.86. The van der Waals surface area contributed by atoms with Gasteiger partial charge in [0.25, 0.3) is 17.7 Å². The lowest BCUT2D eigenvalue weighted by Gasteiger charge is -2.05. The van der Waals surface area contributed by atoms with Gasteiger partial charge in [-0.2, -0.15) is 0 Å². The Bertz CT molecular complexity index is 347. The molecule has 0 saturated carbocycles. The van der Waals surface area contributed by atoms with Crippen LogP contribution in [-0.2, 0) is 17.7 Å². The minimum absolute atomic E-state index is 0.680. The standard InChI is InChI=1S/C5H10O5S2/c1-3-4-11(7,8)12(9,10)5(2)6/h3,5-6H,1,4H2,2H3. The van der Waals surface area contributed by atoms with Crippen molar-refractivity contribution in [3.63, 3.8) is 0 Å². The lowest BCUT2D eigenvalue weighted by Crippen LogP contribution is -2.27. The Morgan fingerprint density at radius 2 is 1.83 bits per heavy atom. The van der Waals surface area contributed by atoms with Gasteiger partial charge in [-0.15, -0.1) is 6.58 Å². The first-order valence-electron chi connectivity index (χ1n) is 3.01. The molecule has 0 radical (unpaired) electrons. The predicted octanol–water partition coefficient (Wildman–Crippen LogP) is -0.745. The van der Waals surface area contributed by atoms with Crippen molar-refractivity contribution < 1.29 is 21.9 Å². The lowest BCUT2D eigenvalue weighted by atomic mass is 10.8. The molecule has 1 N–H and O–H groups in total. The van der Waals surface area contributed by atoms with Crippen molar-refractivity contribution >= 4 is 17.7 Å². The van der Waals surface area contributed by atoms with E-state index in [1.165, 1.54) is 0 Å². The van der Waals surface area contributed by atoms with Gasteiger partial charge in [-0.3, -0.25) is 0 Å². The quantitative estimate of drug-likeness (QED) is 0.491. The molecule has 0 fully saturated rings. The summed E-state index contributed by atoms with van der Waals surface area (Å²) in [6.07, 6.45) is 0.954. The normalized spacial score (nSPS) is 15.5. The number of rotatable bonds is 4. The van der Waals surface area contributed by atoms with Gasteiger partial charge < -0.3 is 5.11 Å². The van der Waals surface area contributed by atoms with Crippen LogP contribution in [0, 0.1) is 0 Å². The fraction of sp³-hybridized carbons (Fsp3) is 0.600. The van der Waals surface area contributed by atoms with Crippen LogP contribution < -0.4 is 0 Å². The summed E-state index contributed by atoms with van der Waals surface area (Å²) in [5.74, 6) is -0.680. The first kappa shape index (κ1) is 11.6. The van der Waals surface area contributed by atoms with Crippen LogP contribution in [0.15, 0.2) is 12.7 Å². The van der Waals surface area contributed by atoms with Gasteiger partial charge in [0.2, 0.25) is 0 Å². The van der Waals surface area contributed by atoms with Gasteiger partial charge in [-0.25, -0.2) is 16.8 Å². The molecule has 0 heterocycles. The molecule has 0 spiro atoms. The first-order chi connectivity index (χ1) is 5.25. The zero-order valence-corrected chi connectivity index (χ0v) is 8.10. The molecule has 5 nitrogen and oxygen atoms in total. The topological polar surface area (TPSA) is 88.5 Å². The molecule has 12 heavy (non-hydrogen) atoms. The van der Waals surface area contributed by atoms with Crippen LogP contribution in [0.1, 0.15) is 6.92 Å². The van der Waals surface area contributed by atoms with Crippen molar-refractivity contribution in [2.24, 2.45) is 0 Å². The van der Waals surface area contributed by atoms with E-state index in [1.807, 2.05) is 0 Å². The third-order valence-electron chi connectivity index (χ3n) is 1.09. The van der Waals surface area contributed by atoms with Crippen molar-refractivity contribution in [1.82, 2.24) is 0 Å². The molecule has 0 bridgehead atoms. The van der Waals surface area contributed by atoms with E-state index in [9.17, 15) is 16.8 Å². The molecule has 0 aromatic heterocycles. The summed E-state index contributed by atoms with van der Waals surface area (Å²) in [6.45, 7) is 3.98. The van der Waals surface area contributed by atoms with E-state index < -0.39 is 28.9 Å².